The fourth-order valence-corrected chi connectivity index (χ4v) is 3.17. The summed E-state index contributed by atoms with van der Waals surface area (Å²) in [7, 11) is 0. The average Bonchev–Trinajstić information content (AvgIpc) is 3.03. The minimum Gasteiger partial charge on any atom is -0.258 e. The molecular formula is C19H24N4O2S. The number of benzene rings is 1. The van der Waals surface area contributed by atoms with Gasteiger partial charge in [-0.3, -0.25) is 15.1 Å². The van der Waals surface area contributed by atoms with Crippen molar-refractivity contribution < 1.29 is 4.92 Å². The van der Waals surface area contributed by atoms with Crippen molar-refractivity contribution in [3.05, 3.63) is 56.7 Å². The molecule has 0 aliphatic rings. The number of nitrogens with zero attached hydrogens (tertiary/aromatic N) is 4. The largest absolute Gasteiger partial charge is 0.269 e. The first-order valence-corrected chi connectivity index (χ1v) is 9.48. The van der Waals surface area contributed by atoms with Crippen molar-refractivity contribution in [2.45, 2.75) is 33.6 Å². The fourth-order valence-electron chi connectivity index (χ4n) is 2.33. The highest BCUT2D eigenvalue weighted by atomic mass is 32.1. The van der Waals surface area contributed by atoms with Gasteiger partial charge >= 0.3 is 0 Å². The lowest BCUT2D eigenvalue weighted by Crippen LogP contribution is -2.14. The van der Waals surface area contributed by atoms with Gasteiger partial charge in [-0.05, 0) is 37.8 Å². The second-order valence-corrected chi connectivity index (χ2v) is 6.97. The van der Waals surface area contributed by atoms with Crippen LogP contribution in [-0.2, 0) is 0 Å². The average molecular weight is 372 g/mol. The Kier molecular flexibility index (Phi) is 7.03. The van der Waals surface area contributed by atoms with Crippen molar-refractivity contribution in [2.75, 3.05) is 6.54 Å². The van der Waals surface area contributed by atoms with Gasteiger partial charge < -0.3 is 0 Å². The molecule has 0 amide bonds. The normalized spacial score (nSPS) is 12.2. The molecule has 2 aromatic rings. The first-order valence-electron chi connectivity index (χ1n) is 8.61. The summed E-state index contributed by atoms with van der Waals surface area (Å²) >= 11 is 1.50. The Morgan fingerprint density at radius 2 is 2.00 bits per heavy atom. The molecule has 0 atom stereocenters. The number of rotatable bonds is 8. The molecule has 0 saturated heterocycles. The molecule has 0 aliphatic heterocycles. The summed E-state index contributed by atoms with van der Waals surface area (Å²) in [6, 6.07) is 6.50. The minimum atomic E-state index is -0.398. The summed E-state index contributed by atoms with van der Waals surface area (Å²) in [6.45, 7) is 10.7. The van der Waals surface area contributed by atoms with E-state index in [0.29, 0.717) is 12.5 Å². The van der Waals surface area contributed by atoms with E-state index in [1.165, 1.54) is 23.5 Å². The van der Waals surface area contributed by atoms with Gasteiger partial charge in [-0.25, -0.2) is 4.68 Å². The van der Waals surface area contributed by atoms with Gasteiger partial charge in [0.25, 0.3) is 5.69 Å². The van der Waals surface area contributed by atoms with Crippen molar-refractivity contribution in [1.82, 2.24) is 4.68 Å². The van der Waals surface area contributed by atoms with E-state index in [4.69, 9.17) is 0 Å². The monoisotopic (exact) mass is 372 g/mol. The summed E-state index contributed by atoms with van der Waals surface area (Å²) in [5.41, 5.74) is 2.78. The molecule has 6 nitrogen and oxygen atoms in total. The molecule has 26 heavy (non-hydrogen) atoms. The van der Waals surface area contributed by atoms with Crippen molar-refractivity contribution in [2.24, 2.45) is 16.0 Å². The van der Waals surface area contributed by atoms with E-state index in [1.54, 1.807) is 12.1 Å². The van der Waals surface area contributed by atoms with Crippen LogP contribution in [0.3, 0.4) is 0 Å². The second-order valence-electron chi connectivity index (χ2n) is 6.13. The molecule has 0 N–H and O–H groups in total. The maximum Gasteiger partial charge on any atom is 0.269 e. The smallest absolute Gasteiger partial charge is 0.258 e. The van der Waals surface area contributed by atoms with Crippen molar-refractivity contribution in [1.29, 1.82) is 0 Å². The van der Waals surface area contributed by atoms with Crippen LogP contribution in [0.15, 0.2) is 51.9 Å². The molecule has 138 valence electrons. The molecule has 0 saturated carbocycles. The number of thiazole rings is 1. The first kappa shape index (κ1) is 19.8. The Hall–Kier alpha value is -2.54. The molecule has 0 fully saturated rings. The van der Waals surface area contributed by atoms with Gasteiger partial charge in [0.1, 0.15) is 0 Å². The summed E-state index contributed by atoms with van der Waals surface area (Å²) in [6.07, 6.45) is 4.01. The topological polar surface area (TPSA) is 72.8 Å². The van der Waals surface area contributed by atoms with Gasteiger partial charge in [-0.1, -0.05) is 26.0 Å². The summed E-state index contributed by atoms with van der Waals surface area (Å²) in [5.74, 6) is 0.404. The predicted octanol–water partition coefficient (Wildman–Crippen LogP) is 4.87. The Labute approximate surface area is 157 Å². The number of non-ortho nitro benzene ring substituents is 1. The lowest BCUT2D eigenvalue weighted by molar-refractivity contribution is -0.384. The summed E-state index contributed by atoms with van der Waals surface area (Å²) in [4.78, 5) is 15.8. The van der Waals surface area contributed by atoms with Crippen molar-refractivity contribution in [3.8, 4) is 11.3 Å². The van der Waals surface area contributed by atoms with Gasteiger partial charge in [-0.2, -0.15) is 5.10 Å². The molecular weight excluding hydrogens is 348 g/mol. The highest BCUT2D eigenvalue weighted by Gasteiger charge is 2.11. The number of nitro groups is 1. The van der Waals surface area contributed by atoms with Crippen LogP contribution in [-0.4, -0.2) is 22.4 Å². The van der Waals surface area contributed by atoms with E-state index in [0.717, 1.165) is 34.5 Å². The SMILES string of the molecule is C=C(C)CN=c1scc(-c2ccc([N+](=O)[O-])cc2)n1N=CC(CC)CC. The van der Waals surface area contributed by atoms with Crippen LogP contribution in [0.4, 0.5) is 5.69 Å². The molecule has 2 rings (SSSR count). The zero-order chi connectivity index (χ0) is 19.1. The zero-order valence-electron chi connectivity index (χ0n) is 15.4. The van der Waals surface area contributed by atoms with E-state index < -0.39 is 4.92 Å². The molecule has 0 unspecified atom stereocenters. The molecule has 7 heteroatoms. The van der Waals surface area contributed by atoms with E-state index in [2.05, 4.69) is 30.5 Å². The van der Waals surface area contributed by atoms with E-state index in [9.17, 15) is 10.1 Å². The lowest BCUT2D eigenvalue weighted by Gasteiger charge is -2.07. The third-order valence-corrected chi connectivity index (χ3v) is 4.84. The standard InChI is InChI=1S/C19H24N4O2S/c1-5-15(6-2)12-21-22-18(13-26-19(22)20-11-14(3)4)16-7-9-17(10-8-16)23(24)25/h7-10,12-13,15H,3,5-6,11H2,1-2,4H3. The molecule has 0 bridgehead atoms. The Morgan fingerprint density at radius 1 is 1.35 bits per heavy atom. The van der Waals surface area contributed by atoms with E-state index in [-0.39, 0.29) is 5.69 Å². The van der Waals surface area contributed by atoms with Gasteiger partial charge in [-0.15, -0.1) is 11.3 Å². The number of nitro benzene ring substituents is 1. The molecule has 1 heterocycles. The van der Waals surface area contributed by atoms with E-state index in [1.807, 2.05) is 23.2 Å². The van der Waals surface area contributed by atoms with Gasteiger partial charge in [0, 0.05) is 29.3 Å². The van der Waals surface area contributed by atoms with Crippen LogP contribution in [0, 0.1) is 16.0 Å². The lowest BCUT2D eigenvalue weighted by atomic mass is 10.1. The Balaban J connectivity index is 2.49. The summed E-state index contributed by atoms with van der Waals surface area (Å²) in [5, 5.41) is 17.5. The molecule has 1 aromatic heterocycles. The molecule has 0 spiro atoms. The van der Waals surface area contributed by atoms with Crippen LogP contribution < -0.4 is 4.80 Å². The highest BCUT2D eigenvalue weighted by Crippen LogP contribution is 2.23. The van der Waals surface area contributed by atoms with Gasteiger partial charge in [0.2, 0.25) is 4.80 Å². The minimum absolute atomic E-state index is 0.0725. The van der Waals surface area contributed by atoms with Crippen molar-refractivity contribution in [3.63, 3.8) is 0 Å². The maximum atomic E-state index is 10.9. The fraction of sp³-hybridized carbons (Fsp3) is 0.368. The Bertz CT molecular complexity index is 858. The second kappa shape index (κ2) is 9.24. The van der Waals surface area contributed by atoms with Crippen LogP contribution in [0.2, 0.25) is 0 Å². The van der Waals surface area contributed by atoms with Crippen LogP contribution in [0.25, 0.3) is 11.3 Å². The number of aromatic nitrogens is 1. The highest BCUT2D eigenvalue weighted by molar-refractivity contribution is 7.07. The van der Waals surface area contributed by atoms with Gasteiger partial charge in [0.05, 0.1) is 17.2 Å². The third kappa shape index (κ3) is 4.98. The third-order valence-electron chi connectivity index (χ3n) is 3.99. The number of hydrogen-bond donors (Lipinski definition) is 0. The zero-order valence-corrected chi connectivity index (χ0v) is 16.2. The Morgan fingerprint density at radius 3 is 2.54 bits per heavy atom. The molecule has 1 aromatic carbocycles. The molecule has 0 radical (unpaired) electrons. The maximum absolute atomic E-state index is 10.9. The van der Waals surface area contributed by atoms with Gasteiger partial charge in [0.15, 0.2) is 0 Å². The van der Waals surface area contributed by atoms with Crippen LogP contribution in [0.1, 0.15) is 33.6 Å². The first-order chi connectivity index (χ1) is 12.5. The predicted molar refractivity (Wildman–Crippen MR) is 108 cm³/mol. The van der Waals surface area contributed by atoms with E-state index >= 15 is 0 Å². The van der Waals surface area contributed by atoms with Crippen LogP contribution in [0.5, 0.6) is 0 Å². The van der Waals surface area contributed by atoms with Crippen molar-refractivity contribution >= 4 is 23.2 Å². The summed E-state index contributed by atoms with van der Waals surface area (Å²) < 4.78 is 1.81. The molecule has 0 aliphatic carbocycles. The number of hydrogen-bond acceptors (Lipinski definition) is 5. The van der Waals surface area contributed by atoms with Crippen LogP contribution >= 0.6 is 11.3 Å². The quantitative estimate of drug-likeness (QED) is 0.287.